The van der Waals surface area contributed by atoms with Crippen LogP contribution in [0.5, 0.6) is 0 Å². The van der Waals surface area contributed by atoms with Crippen LogP contribution >= 0.6 is 11.6 Å². The molecular formula is C10H9ClO4S. The molecule has 0 bridgehead atoms. The van der Waals surface area contributed by atoms with Gasteiger partial charge in [0, 0.05) is 17.4 Å². The third-order valence-electron chi connectivity index (χ3n) is 1.78. The predicted molar refractivity (Wildman–Crippen MR) is 61.2 cm³/mol. The van der Waals surface area contributed by atoms with Gasteiger partial charge in [0.2, 0.25) is 0 Å². The zero-order valence-electron chi connectivity index (χ0n) is 8.34. The van der Waals surface area contributed by atoms with Gasteiger partial charge in [0.25, 0.3) is 0 Å². The van der Waals surface area contributed by atoms with E-state index in [4.69, 9.17) is 16.7 Å². The smallest absolute Gasteiger partial charge is 0.328 e. The second-order valence-corrected chi connectivity index (χ2v) is 5.55. The van der Waals surface area contributed by atoms with Crippen molar-refractivity contribution in [2.45, 2.75) is 4.90 Å². The number of benzene rings is 1. The molecule has 0 radical (unpaired) electrons. The van der Waals surface area contributed by atoms with E-state index in [0.29, 0.717) is 5.56 Å². The fourth-order valence-corrected chi connectivity index (χ4v) is 2.27. The molecule has 1 rings (SSSR count). The highest BCUT2D eigenvalue weighted by Gasteiger charge is 2.12. The monoisotopic (exact) mass is 260 g/mol. The molecular weight excluding hydrogens is 252 g/mol. The molecule has 1 N–H and O–H groups in total. The SMILES string of the molecule is CS(=O)(=O)c1cc(Cl)ccc1/C=C/C(=O)O. The van der Waals surface area contributed by atoms with Crippen LogP contribution in [0.3, 0.4) is 0 Å². The van der Waals surface area contributed by atoms with E-state index >= 15 is 0 Å². The van der Waals surface area contributed by atoms with Crippen molar-refractivity contribution in [1.82, 2.24) is 0 Å². The molecule has 0 aromatic heterocycles. The molecule has 0 fully saturated rings. The molecule has 0 aliphatic carbocycles. The number of carboxylic acids is 1. The molecule has 1 aromatic rings. The van der Waals surface area contributed by atoms with E-state index in [0.717, 1.165) is 12.3 Å². The molecule has 0 amide bonds. The average Bonchev–Trinajstić information content (AvgIpc) is 2.14. The lowest BCUT2D eigenvalue weighted by Gasteiger charge is -2.03. The van der Waals surface area contributed by atoms with E-state index < -0.39 is 15.8 Å². The molecule has 1 aromatic carbocycles. The average molecular weight is 261 g/mol. The number of carbonyl (C=O) groups is 1. The molecule has 0 spiro atoms. The third-order valence-corrected chi connectivity index (χ3v) is 3.17. The van der Waals surface area contributed by atoms with Crippen molar-refractivity contribution in [3.63, 3.8) is 0 Å². The van der Waals surface area contributed by atoms with Crippen LogP contribution in [-0.4, -0.2) is 25.7 Å². The second kappa shape index (κ2) is 4.67. The summed E-state index contributed by atoms with van der Waals surface area (Å²) in [7, 11) is -3.43. The van der Waals surface area contributed by atoms with Crippen LogP contribution in [0.4, 0.5) is 0 Å². The van der Waals surface area contributed by atoms with Gasteiger partial charge < -0.3 is 5.11 Å². The zero-order valence-corrected chi connectivity index (χ0v) is 9.92. The number of rotatable bonds is 3. The maximum Gasteiger partial charge on any atom is 0.328 e. The lowest BCUT2D eigenvalue weighted by Crippen LogP contribution is -2.00. The van der Waals surface area contributed by atoms with Crippen LogP contribution in [0.15, 0.2) is 29.2 Å². The van der Waals surface area contributed by atoms with Gasteiger partial charge in [0.15, 0.2) is 9.84 Å². The van der Waals surface area contributed by atoms with Crippen molar-refractivity contribution in [3.8, 4) is 0 Å². The highest BCUT2D eigenvalue weighted by molar-refractivity contribution is 7.90. The van der Waals surface area contributed by atoms with Gasteiger partial charge >= 0.3 is 5.97 Å². The number of hydrogen-bond donors (Lipinski definition) is 1. The zero-order chi connectivity index (χ0) is 12.3. The summed E-state index contributed by atoms with van der Waals surface area (Å²) < 4.78 is 22.8. The minimum atomic E-state index is -3.43. The van der Waals surface area contributed by atoms with Gasteiger partial charge in [-0.1, -0.05) is 17.7 Å². The highest BCUT2D eigenvalue weighted by atomic mass is 35.5. The van der Waals surface area contributed by atoms with Gasteiger partial charge in [-0.15, -0.1) is 0 Å². The number of aliphatic carboxylic acids is 1. The van der Waals surface area contributed by atoms with Crippen molar-refractivity contribution in [3.05, 3.63) is 34.9 Å². The van der Waals surface area contributed by atoms with Gasteiger partial charge in [-0.05, 0) is 23.8 Å². The molecule has 0 aliphatic heterocycles. The van der Waals surface area contributed by atoms with Crippen LogP contribution < -0.4 is 0 Å². The molecule has 6 heteroatoms. The van der Waals surface area contributed by atoms with Gasteiger partial charge in [0.1, 0.15) is 0 Å². The second-order valence-electron chi connectivity index (χ2n) is 3.13. The molecule has 0 atom stereocenters. The predicted octanol–water partition coefficient (Wildman–Crippen LogP) is 1.84. The first-order valence-electron chi connectivity index (χ1n) is 4.21. The minimum Gasteiger partial charge on any atom is -0.478 e. The summed E-state index contributed by atoms with van der Waals surface area (Å²) in [4.78, 5) is 10.3. The van der Waals surface area contributed by atoms with Crippen molar-refractivity contribution >= 4 is 33.5 Å². The Morgan fingerprint density at radius 3 is 2.56 bits per heavy atom. The Hall–Kier alpha value is -1.33. The first-order chi connectivity index (χ1) is 7.30. The van der Waals surface area contributed by atoms with E-state index in [9.17, 15) is 13.2 Å². The van der Waals surface area contributed by atoms with E-state index in [2.05, 4.69) is 0 Å². The van der Waals surface area contributed by atoms with Gasteiger partial charge in [0.05, 0.1) is 4.90 Å². The Morgan fingerprint density at radius 2 is 2.06 bits per heavy atom. The van der Waals surface area contributed by atoms with Gasteiger partial charge in [-0.3, -0.25) is 0 Å². The molecule has 0 aliphatic rings. The summed E-state index contributed by atoms with van der Waals surface area (Å²) in [6.07, 6.45) is 3.13. The maximum atomic E-state index is 11.4. The van der Waals surface area contributed by atoms with Crippen LogP contribution in [0.2, 0.25) is 5.02 Å². The topological polar surface area (TPSA) is 71.4 Å². The van der Waals surface area contributed by atoms with Crippen LogP contribution in [0.1, 0.15) is 5.56 Å². The molecule has 4 nitrogen and oxygen atoms in total. The standard InChI is InChI=1S/C10H9ClO4S/c1-16(14,15)9-6-8(11)4-2-7(9)3-5-10(12)13/h2-6H,1H3,(H,12,13)/b5-3+. The Kier molecular flexibility index (Phi) is 3.72. The lowest BCUT2D eigenvalue weighted by atomic mass is 10.2. The molecule has 86 valence electrons. The Morgan fingerprint density at radius 1 is 1.44 bits per heavy atom. The van der Waals surface area contributed by atoms with Crippen molar-refractivity contribution in [1.29, 1.82) is 0 Å². The number of halogens is 1. The number of sulfone groups is 1. The van der Waals surface area contributed by atoms with E-state index in [1.807, 2.05) is 0 Å². The van der Waals surface area contributed by atoms with Crippen LogP contribution in [0.25, 0.3) is 6.08 Å². The summed E-state index contributed by atoms with van der Waals surface area (Å²) >= 11 is 5.68. The summed E-state index contributed by atoms with van der Waals surface area (Å²) in [5.74, 6) is -1.14. The summed E-state index contributed by atoms with van der Waals surface area (Å²) in [5, 5.41) is 8.75. The Balaban J connectivity index is 3.35. The molecule has 0 heterocycles. The van der Waals surface area contributed by atoms with E-state index in [1.54, 1.807) is 0 Å². The fourth-order valence-electron chi connectivity index (χ4n) is 1.13. The summed E-state index contributed by atoms with van der Waals surface area (Å²) in [6, 6.07) is 4.24. The number of hydrogen-bond acceptors (Lipinski definition) is 3. The first-order valence-corrected chi connectivity index (χ1v) is 6.48. The number of carboxylic acid groups (broad SMARTS) is 1. The largest absolute Gasteiger partial charge is 0.478 e. The van der Waals surface area contributed by atoms with Gasteiger partial charge in [-0.2, -0.15) is 0 Å². The maximum absolute atomic E-state index is 11.4. The molecule has 0 saturated carbocycles. The van der Waals surface area contributed by atoms with Crippen LogP contribution in [-0.2, 0) is 14.6 Å². The van der Waals surface area contributed by atoms with E-state index in [-0.39, 0.29) is 9.92 Å². The van der Waals surface area contributed by atoms with Crippen molar-refractivity contribution in [2.75, 3.05) is 6.26 Å². The van der Waals surface area contributed by atoms with Crippen LogP contribution in [0, 0.1) is 0 Å². The lowest BCUT2D eigenvalue weighted by molar-refractivity contribution is -0.131. The first kappa shape index (κ1) is 12.7. The Bertz CT molecular complexity index is 546. The Labute approximate surface area is 98.1 Å². The summed E-state index contributed by atoms with van der Waals surface area (Å²) in [6.45, 7) is 0. The minimum absolute atomic E-state index is 0.0116. The highest BCUT2D eigenvalue weighted by Crippen LogP contribution is 2.21. The quantitative estimate of drug-likeness (QED) is 0.842. The third kappa shape index (κ3) is 3.36. The molecule has 0 unspecified atom stereocenters. The molecule has 16 heavy (non-hydrogen) atoms. The summed E-state index contributed by atoms with van der Waals surface area (Å²) in [5.41, 5.74) is 0.300. The fraction of sp³-hybridized carbons (Fsp3) is 0.100. The van der Waals surface area contributed by atoms with E-state index in [1.165, 1.54) is 24.3 Å². The normalized spacial score (nSPS) is 11.9. The van der Waals surface area contributed by atoms with Gasteiger partial charge in [-0.25, -0.2) is 13.2 Å². The van der Waals surface area contributed by atoms with Crippen molar-refractivity contribution in [2.24, 2.45) is 0 Å². The molecule has 0 saturated heterocycles. The van der Waals surface area contributed by atoms with Crippen molar-refractivity contribution < 1.29 is 18.3 Å².